The van der Waals surface area contributed by atoms with E-state index in [9.17, 15) is 0 Å². The minimum Gasteiger partial charge on any atom is -0.316 e. The van der Waals surface area contributed by atoms with Gasteiger partial charge in [-0.05, 0) is 30.8 Å². The molecule has 0 aromatic carbocycles. The second kappa shape index (κ2) is 4.19. The molecule has 0 radical (unpaired) electrons. The molecule has 1 saturated heterocycles. The first-order valence-corrected chi connectivity index (χ1v) is 5.70. The van der Waals surface area contributed by atoms with Crippen molar-refractivity contribution < 1.29 is 0 Å². The predicted octanol–water partition coefficient (Wildman–Crippen LogP) is 1.96. The monoisotopic (exact) mass is 198 g/mol. The zero-order valence-corrected chi connectivity index (χ0v) is 10.5. The fourth-order valence-electron chi connectivity index (χ4n) is 2.52. The zero-order chi connectivity index (χ0) is 10.8. The maximum absolute atomic E-state index is 3.45. The lowest BCUT2D eigenvalue weighted by molar-refractivity contribution is 0.161. The van der Waals surface area contributed by atoms with Gasteiger partial charge in [-0.3, -0.25) is 0 Å². The number of hydrogen-bond donors (Lipinski definition) is 1. The van der Waals surface area contributed by atoms with Gasteiger partial charge in [0, 0.05) is 19.6 Å². The lowest BCUT2D eigenvalue weighted by Gasteiger charge is -2.33. The van der Waals surface area contributed by atoms with Gasteiger partial charge in [0.25, 0.3) is 0 Å². The van der Waals surface area contributed by atoms with Crippen LogP contribution in [0.1, 0.15) is 34.1 Å². The maximum atomic E-state index is 3.45. The zero-order valence-electron chi connectivity index (χ0n) is 10.5. The number of nitrogens with one attached hydrogen (secondary N) is 1. The van der Waals surface area contributed by atoms with E-state index in [1.165, 1.54) is 32.6 Å². The van der Waals surface area contributed by atoms with Crippen molar-refractivity contribution in [1.29, 1.82) is 0 Å². The Morgan fingerprint density at radius 3 is 2.43 bits per heavy atom. The first-order valence-electron chi connectivity index (χ1n) is 5.70. The molecule has 1 N–H and O–H groups in total. The molecule has 0 aromatic heterocycles. The fraction of sp³-hybridized carbons (Fsp3) is 1.00. The van der Waals surface area contributed by atoms with Crippen LogP contribution in [0.25, 0.3) is 0 Å². The summed E-state index contributed by atoms with van der Waals surface area (Å²) in [7, 11) is 2.24. The van der Waals surface area contributed by atoms with Gasteiger partial charge in [0.1, 0.15) is 0 Å². The first kappa shape index (κ1) is 12.0. The Morgan fingerprint density at radius 2 is 2.00 bits per heavy atom. The van der Waals surface area contributed by atoms with E-state index in [0.717, 1.165) is 0 Å². The van der Waals surface area contributed by atoms with Crippen molar-refractivity contribution in [3.05, 3.63) is 0 Å². The molecule has 1 rings (SSSR count). The van der Waals surface area contributed by atoms with Gasteiger partial charge in [0.15, 0.2) is 0 Å². The molecule has 1 unspecified atom stereocenters. The van der Waals surface area contributed by atoms with E-state index in [0.29, 0.717) is 10.8 Å². The van der Waals surface area contributed by atoms with Gasteiger partial charge in [-0.25, -0.2) is 0 Å². The second-order valence-corrected chi connectivity index (χ2v) is 6.47. The van der Waals surface area contributed by atoms with Crippen LogP contribution in [0, 0.1) is 10.8 Å². The molecule has 0 spiro atoms. The highest BCUT2D eigenvalue weighted by atomic mass is 15.1. The lowest BCUT2D eigenvalue weighted by Crippen LogP contribution is -2.39. The smallest absolute Gasteiger partial charge is 0.00451 e. The molecule has 0 aromatic rings. The Kier molecular flexibility index (Phi) is 3.59. The van der Waals surface area contributed by atoms with E-state index in [4.69, 9.17) is 0 Å². The van der Waals surface area contributed by atoms with Gasteiger partial charge in [0.2, 0.25) is 0 Å². The molecule has 1 heterocycles. The molecule has 1 aliphatic heterocycles. The molecular formula is C12H26N2. The minimum atomic E-state index is 0.414. The van der Waals surface area contributed by atoms with Crippen LogP contribution < -0.4 is 5.32 Å². The molecule has 0 saturated carbocycles. The third-order valence-electron chi connectivity index (χ3n) is 2.85. The van der Waals surface area contributed by atoms with E-state index in [-0.39, 0.29) is 0 Å². The summed E-state index contributed by atoms with van der Waals surface area (Å²) >= 11 is 0. The predicted molar refractivity (Wildman–Crippen MR) is 62.5 cm³/mol. The van der Waals surface area contributed by atoms with E-state index >= 15 is 0 Å². The van der Waals surface area contributed by atoms with E-state index < -0.39 is 0 Å². The average molecular weight is 198 g/mol. The Labute approximate surface area is 89.1 Å². The van der Waals surface area contributed by atoms with Crippen molar-refractivity contribution in [1.82, 2.24) is 10.2 Å². The highest BCUT2D eigenvalue weighted by Gasteiger charge is 2.30. The van der Waals surface area contributed by atoms with Crippen LogP contribution in [0.5, 0.6) is 0 Å². The summed E-state index contributed by atoms with van der Waals surface area (Å²) in [4.78, 5) is 2.48. The molecule has 1 aliphatic rings. The van der Waals surface area contributed by atoms with Crippen molar-refractivity contribution in [2.75, 3.05) is 33.2 Å². The van der Waals surface area contributed by atoms with Gasteiger partial charge >= 0.3 is 0 Å². The molecule has 0 amide bonds. The highest BCUT2D eigenvalue weighted by molar-refractivity contribution is 4.86. The molecule has 1 fully saturated rings. The average Bonchev–Trinajstić information content (AvgIpc) is 2.30. The maximum Gasteiger partial charge on any atom is 0.00451 e. The molecule has 1 atom stereocenters. The van der Waals surface area contributed by atoms with Crippen molar-refractivity contribution in [2.24, 2.45) is 10.8 Å². The number of rotatable bonds is 3. The third-order valence-corrected chi connectivity index (χ3v) is 2.85. The Bertz CT molecular complexity index is 175. The molecule has 14 heavy (non-hydrogen) atoms. The summed E-state index contributed by atoms with van der Waals surface area (Å²) in [5.74, 6) is 0. The molecule has 2 heteroatoms. The highest BCUT2D eigenvalue weighted by Crippen LogP contribution is 2.26. The van der Waals surface area contributed by atoms with Crippen LogP contribution in [0.15, 0.2) is 0 Å². The van der Waals surface area contributed by atoms with Gasteiger partial charge in [0.05, 0.1) is 0 Å². The molecule has 0 bridgehead atoms. The minimum absolute atomic E-state index is 0.414. The third kappa shape index (κ3) is 3.97. The normalized spacial score (nSPS) is 28.7. The summed E-state index contributed by atoms with van der Waals surface area (Å²) in [6, 6.07) is 0. The summed E-state index contributed by atoms with van der Waals surface area (Å²) < 4.78 is 0. The second-order valence-electron chi connectivity index (χ2n) is 6.47. The Balaban J connectivity index is 2.36. The first-order chi connectivity index (χ1) is 6.31. The molecule has 0 aliphatic carbocycles. The molecule has 2 nitrogen and oxygen atoms in total. The Morgan fingerprint density at radius 1 is 1.36 bits per heavy atom. The summed E-state index contributed by atoms with van der Waals surface area (Å²) in [5.41, 5.74) is 0.914. The molecule has 84 valence electrons. The van der Waals surface area contributed by atoms with Crippen molar-refractivity contribution in [2.45, 2.75) is 34.1 Å². The van der Waals surface area contributed by atoms with Crippen LogP contribution in [0.4, 0.5) is 0 Å². The number of nitrogens with zero attached hydrogens (tertiary/aromatic N) is 1. The van der Waals surface area contributed by atoms with Gasteiger partial charge in [-0.2, -0.15) is 0 Å². The van der Waals surface area contributed by atoms with Crippen LogP contribution in [0.3, 0.4) is 0 Å². The standard InChI is InChI=1S/C12H26N2/c1-11(2,3)9-14(5)10-12(4)6-7-13-8-12/h13H,6-10H2,1-5H3. The topological polar surface area (TPSA) is 15.3 Å². The van der Waals surface area contributed by atoms with Crippen molar-refractivity contribution in [3.63, 3.8) is 0 Å². The summed E-state index contributed by atoms with van der Waals surface area (Å²) in [5, 5.41) is 3.45. The number of hydrogen-bond acceptors (Lipinski definition) is 2. The summed E-state index contributed by atoms with van der Waals surface area (Å²) in [6.07, 6.45) is 1.32. The van der Waals surface area contributed by atoms with Gasteiger partial charge < -0.3 is 10.2 Å². The van der Waals surface area contributed by atoms with E-state index in [1.807, 2.05) is 0 Å². The van der Waals surface area contributed by atoms with E-state index in [1.54, 1.807) is 0 Å². The largest absolute Gasteiger partial charge is 0.316 e. The Hall–Kier alpha value is -0.0800. The SMILES string of the molecule is CN(CC(C)(C)C)CC1(C)CCNC1. The summed E-state index contributed by atoms with van der Waals surface area (Å²) in [6.45, 7) is 14.1. The van der Waals surface area contributed by atoms with Gasteiger partial charge in [-0.1, -0.05) is 27.7 Å². The van der Waals surface area contributed by atoms with Crippen molar-refractivity contribution in [3.8, 4) is 0 Å². The van der Waals surface area contributed by atoms with Gasteiger partial charge in [-0.15, -0.1) is 0 Å². The quantitative estimate of drug-likeness (QED) is 0.746. The van der Waals surface area contributed by atoms with Crippen molar-refractivity contribution >= 4 is 0 Å². The van der Waals surface area contributed by atoms with Crippen LogP contribution in [0.2, 0.25) is 0 Å². The van der Waals surface area contributed by atoms with E-state index in [2.05, 4.69) is 45.0 Å². The fourth-order valence-corrected chi connectivity index (χ4v) is 2.52. The van der Waals surface area contributed by atoms with Crippen LogP contribution in [-0.2, 0) is 0 Å². The lowest BCUT2D eigenvalue weighted by atomic mass is 9.88. The molecular weight excluding hydrogens is 172 g/mol. The van der Waals surface area contributed by atoms with Crippen LogP contribution >= 0.6 is 0 Å². The van der Waals surface area contributed by atoms with Crippen LogP contribution in [-0.4, -0.2) is 38.1 Å².